The van der Waals surface area contributed by atoms with E-state index in [1.807, 2.05) is 4.90 Å². The summed E-state index contributed by atoms with van der Waals surface area (Å²) in [6.07, 6.45) is 0.834. The zero-order valence-electron chi connectivity index (χ0n) is 18.7. The fourth-order valence-electron chi connectivity index (χ4n) is 3.89. The van der Waals surface area contributed by atoms with Gasteiger partial charge in [-0.25, -0.2) is 0 Å². The summed E-state index contributed by atoms with van der Waals surface area (Å²) < 4.78 is 5.18. The molecule has 0 saturated heterocycles. The summed E-state index contributed by atoms with van der Waals surface area (Å²) >= 11 is 7.78. The van der Waals surface area contributed by atoms with Gasteiger partial charge >= 0.3 is 0 Å². The first-order valence-corrected chi connectivity index (χ1v) is 12.0. The van der Waals surface area contributed by atoms with Gasteiger partial charge in [0.15, 0.2) is 0 Å². The Hall–Kier alpha value is -1.89. The first-order valence-electron chi connectivity index (χ1n) is 10.5. The molecule has 1 aliphatic rings. The molecule has 1 aliphatic heterocycles. The van der Waals surface area contributed by atoms with Gasteiger partial charge in [0.2, 0.25) is 11.8 Å². The van der Waals surface area contributed by atoms with Crippen molar-refractivity contribution in [2.24, 2.45) is 5.41 Å². The summed E-state index contributed by atoms with van der Waals surface area (Å²) in [5.41, 5.74) is 2.72. The number of thiophene rings is 1. The molecule has 0 N–H and O–H groups in total. The lowest BCUT2D eigenvalue weighted by Gasteiger charge is -2.38. The average Bonchev–Trinajstić information content (AvgIpc) is 3.24. The van der Waals surface area contributed by atoms with Gasteiger partial charge in [-0.1, -0.05) is 29.8 Å². The third kappa shape index (κ3) is 5.30. The molecular weight excluding hydrogens is 432 g/mol. The lowest BCUT2D eigenvalue weighted by Crippen LogP contribution is -2.50. The highest BCUT2D eigenvalue weighted by molar-refractivity contribution is 7.10. The number of ether oxygens (including phenoxy) is 1. The molecule has 7 heteroatoms. The molecule has 0 spiro atoms. The van der Waals surface area contributed by atoms with E-state index in [1.165, 1.54) is 16.0 Å². The van der Waals surface area contributed by atoms with E-state index in [9.17, 15) is 9.59 Å². The van der Waals surface area contributed by atoms with Crippen molar-refractivity contribution in [2.75, 3.05) is 39.2 Å². The molecule has 1 aromatic heterocycles. The van der Waals surface area contributed by atoms with Gasteiger partial charge in [-0.2, -0.15) is 0 Å². The standard InChI is InChI=1S/C24H31ClN2O3S/c1-17-5-7-18(8-6-17)22-19-10-14-31-20(19)9-11-27(22)21(28)15-26(12-13-30-4)23(29)24(2,3)16-25/h5-8,10,14,22H,9,11-13,15-16H2,1-4H3. The molecule has 2 heterocycles. The summed E-state index contributed by atoms with van der Waals surface area (Å²) in [5.74, 6) is 0.00237. The zero-order valence-corrected chi connectivity index (χ0v) is 20.3. The third-order valence-corrected chi connectivity index (χ3v) is 7.44. The minimum Gasteiger partial charge on any atom is -0.383 e. The maximum Gasteiger partial charge on any atom is 0.242 e. The number of carbonyl (C=O) groups excluding carboxylic acids is 2. The number of alkyl halides is 1. The highest BCUT2D eigenvalue weighted by Gasteiger charge is 2.36. The fraction of sp³-hybridized carbons (Fsp3) is 0.500. The van der Waals surface area contributed by atoms with Crippen molar-refractivity contribution >= 4 is 34.8 Å². The summed E-state index contributed by atoms with van der Waals surface area (Å²) in [6.45, 7) is 7.05. The van der Waals surface area contributed by atoms with Crippen molar-refractivity contribution < 1.29 is 14.3 Å². The van der Waals surface area contributed by atoms with Crippen LogP contribution in [0, 0.1) is 12.3 Å². The SMILES string of the molecule is COCCN(CC(=O)N1CCc2sccc2C1c1ccc(C)cc1)C(=O)C(C)(C)CCl. The van der Waals surface area contributed by atoms with E-state index in [-0.39, 0.29) is 30.3 Å². The number of rotatable bonds is 8. The Morgan fingerprint density at radius 3 is 2.61 bits per heavy atom. The molecule has 31 heavy (non-hydrogen) atoms. The van der Waals surface area contributed by atoms with Crippen LogP contribution in [0.3, 0.4) is 0 Å². The van der Waals surface area contributed by atoms with Gasteiger partial charge in [-0.05, 0) is 49.8 Å². The van der Waals surface area contributed by atoms with Crippen molar-refractivity contribution in [3.63, 3.8) is 0 Å². The Balaban J connectivity index is 1.88. The van der Waals surface area contributed by atoms with Crippen LogP contribution in [-0.4, -0.2) is 60.8 Å². The average molecular weight is 463 g/mol. The Labute approximate surface area is 193 Å². The summed E-state index contributed by atoms with van der Waals surface area (Å²) in [4.78, 5) is 31.4. The topological polar surface area (TPSA) is 49.9 Å². The Morgan fingerprint density at radius 1 is 1.26 bits per heavy atom. The number of carbonyl (C=O) groups is 2. The highest BCUT2D eigenvalue weighted by atomic mass is 35.5. The van der Waals surface area contributed by atoms with Crippen LogP contribution in [0.1, 0.15) is 41.5 Å². The maximum atomic E-state index is 13.5. The Bertz CT molecular complexity index is 910. The summed E-state index contributed by atoms with van der Waals surface area (Å²) in [5, 5.41) is 2.09. The molecule has 168 valence electrons. The van der Waals surface area contributed by atoms with E-state index in [4.69, 9.17) is 16.3 Å². The smallest absolute Gasteiger partial charge is 0.242 e. The normalized spacial score (nSPS) is 16.2. The number of hydrogen-bond donors (Lipinski definition) is 0. The number of fused-ring (bicyclic) bond motifs is 1. The molecule has 0 fully saturated rings. The Kier molecular flexibility index (Phi) is 7.78. The van der Waals surface area contributed by atoms with Crippen LogP contribution in [0.4, 0.5) is 0 Å². The molecule has 2 aromatic rings. The fourth-order valence-corrected chi connectivity index (χ4v) is 4.90. The van der Waals surface area contributed by atoms with Gasteiger partial charge in [0, 0.05) is 31.0 Å². The lowest BCUT2D eigenvalue weighted by atomic mass is 9.92. The van der Waals surface area contributed by atoms with Crippen molar-refractivity contribution in [3.05, 3.63) is 57.3 Å². The zero-order chi connectivity index (χ0) is 22.6. The molecule has 0 aliphatic carbocycles. The number of aryl methyl sites for hydroxylation is 1. The summed E-state index contributed by atoms with van der Waals surface area (Å²) in [6, 6.07) is 10.3. The van der Waals surface area contributed by atoms with Crippen LogP contribution >= 0.6 is 22.9 Å². The van der Waals surface area contributed by atoms with E-state index in [2.05, 4.69) is 42.6 Å². The monoisotopic (exact) mass is 462 g/mol. The van der Waals surface area contributed by atoms with Gasteiger partial charge < -0.3 is 14.5 Å². The van der Waals surface area contributed by atoms with Crippen LogP contribution in [0.2, 0.25) is 0 Å². The van der Waals surface area contributed by atoms with Crippen molar-refractivity contribution in [3.8, 4) is 0 Å². The van der Waals surface area contributed by atoms with Gasteiger partial charge in [0.25, 0.3) is 0 Å². The molecule has 3 rings (SSSR count). The quantitative estimate of drug-likeness (QED) is 0.550. The molecular formula is C24H31ClN2O3S. The van der Waals surface area contributed by atoms with Crippen LogP contribution in [-0.2, 0) is 20.7 Å². The van der Waals surface area contributed by atoms with E-state index < -0.39 is 5.41 Å². The molecule has 1 atom stereocenters. The number of nitrogens with zero attached hydrogens (tertiary/aromatic N) is 2. The molecule has 0 radical (unpaired) electrons. The van der Waals surface area contributed by atoms with Gasteiger partial charge in [0.1, 0.15) is 0 Å². The van der Waals surface area contributed by atoms with Crippen molar-refractivity contribution in [1.82, 2.24) is 9.80 Å². The predicted molar refractivity (Wildman–Crippen MR) is 126 cm³/mol. The second-order valence-corrected chi connectivity index (χ2v) is 9.95. The van der Waals surface area contributed by atoms with Crippen LogP contribution < -0.4 is 0 Å². The lowest BCUT2D eigenvalue weighted by molar-refractivity contribution is -0.146. The van der Waals surface area contributed by atoms with E-state index in [0.29, 0.717) is 19.7 Å². The largest absolute Gasteiger partial charge is 0.383 e. The number of hydrogen-bond acceptors (Lipinski definition) is 4. The molecule has 5 nitrogen and oxygen atoms in total. The van der Waals surface area contributed by atoms with E-state index in [1.54, 1.807) is 37.2 Å². The molecule has 1 unspecified atom stereocenters. The number of amides is 2. The van der Waals surface area contributed by atoms with Gasteiger partial charge in [-0.3, -0.25) is 9.59 Å². The van der Waals surface area contributed by atoms with Crippen LogP contribution in [0.5, 0.6) is 0 Å². The number of halogens is 1. The van der Waals surface area contributed by atoms with Crippen LogP contribution in [0.25, 0.3) is 0 Å². The molecule has 2 amide bonds. The first kappa shape index (κ1) is 23.8. The molecule has 0 saturated carbocycles. The number of methoxy groups -OCH3 is 1. The summed E-state index contributed by atoms with van der Waals surface area (Å²) in [7, 11) is 1.59. The van der Waals surface area contributed by atoms with E-state index in [0.717, 1.165) is 12.0 Å². The minimum atomic E-state index is -0.742. The van der Waals surface area contributed by atoms with Gasteiger partial charge in [-0.15, -0.1) is 22.9 Å². The predicted octanol–water partition coefficient (Wildman–Crippen LogP) is 4.27. The minimum absolute atomic E-state index is 0.0182. The molecule has 1 aromatic carbocycles. The first-order chi connectivity index (χ1) is 14.8. The molecule has 0 bridgehead atoms. The van der Waals surface area contributed by atoms with Crippen molar-refractivity contribution in [1.29, 1.82) is 0 Å². The van der Waals surface area contributed by atoms with Crippen LogP contribution in [0.15, 0.2) is 35.7 Å². The second kappa shape index (κ2) is 10.2. The number of benzene rings is 1. The van der Waals surface area contributed by atoms with Gasteiger partial charge in [0.05, 0.1) is 24.6 Å². The van der Waals surface area contributed by atoms with E-state index >= 15 is 0 Å². The second-order valence-electron chi connectivity index (χ2n) is 8.69. The third-order valence-electron chi connectivity index (χ3n) is 5.77. The maximum absolute atomic E-state index is 13.5. The Morgan fingerprint density at radius 2 is 1.97 bits per heavy atom. The van der Waals surface area contributed by atoms with Crippen molar-refractivity contribution in [2.45, 2.75) is 33.2 Å². The highest BCUT2D eigenvalue weighted by Crippen LogP contribution is 2.38.